The Balaban J connectivity index is 1.48. The molecule has 4 aromatic rings. The van der Waals surface area contributed by atoms with Crippen molar-refractivity contribution in [3.8, 4) is 5.88 Å². The van der Waals surface area contributed by atoms with Crippen molar-refractivity contribution in [3.63, 3.8) is 0 Å². The molecule has 0 unspecified atom stereocenters. The number of aromatic hydroxyl groups is 1. The second kappa shape index (κ2) is 7.33. The van der Waals surface area contributed by atoms with E-state index in [1.165, 1.54) is 11.1 Å². The first kappa shape index (κ1) is 18.8. The van der Waals surface area contributed by atoms with Crippen LogP contribution in [0.25, 0.3) is 11.7 Å². The second-order valence-electron chi connectivity index (χ2n) is 8.32. The Hall–Kier alpha value is -3.95. The standard InChI is InChI=1S/C22H22N8O2/c31-19-17(26-22(32)28-19)10-13-11-23-30-18(13)27-20(29-21(30)24-14-8-9-14)25-16-7-3-5-12-4-1-2-6-15(12)16/h1-2,4,6,10-11,14,16,31H,3,5,7-9H2,(H,24,25,29)(H2,26,28,32)/b13-10+/t16-/m1/s1. The molecular formula is C22H22N8O2. The molecule has 3 heterocycles. The molecule has 0 saturated heterocycles. The van der Waals surface area contributed by atoms with Crippen molar-refractivity contribution in [2.45, 2.75) is 44.2 Å². The summed E-state index contributed by atoms with van der Waals surface area (Å²) in [5, 5.41) is 18.5. The molecule has 0 aliphatic heterocycles. The number of benzene rings is 1. The number of nitrogens with zero attached hydrogens (tertiary/aromatic N) is 5. The van der Waals surface area contributed by atoms with Crippen LogP contribution in [0.4, 0.5) is 5.95 Å². The van der Waals surface area contributed by atoms with Crippen molar-refractivity contribution < 1.29 is 5.11 Å². The van der Waals surface area contributed by atoms with E-state index in [4.69, 9.17) is 9.98 Å². The quantitative estimate of drug-likeness (QED) is 0.381. The molecule has 0 amide bonds. The zero-order valence-corrected chi connectivity index (χ0v) is 17.2. The van der Waals surface area contributed by atoms with Crippen molar-refractivity contribution in [2.24, 2.45) is 4.99 Å². The summed E-state index contributed by atoms with van der Waals surface area (Å²) < 4.78 is 1.60. The van der Waals surface area contributed by atoms with E-state index in [9.17, 15) is 9.90 Å². The highest BCUT2D eigenvalue weighted by atomic mass is 16.3. The third-order valence-corrected chi connectivity index (χ3v) is 5.93. The Kier molecular flexibility index (Phi) is 4.30. The zero-order chi connectivity index (χ0) is 21.7. The van der Waals surface area contributed by atoms with Gasteiger partial charge in [0.1, 0.15) is 5.69 Å². The molecule has 6 rings (SSSR count). The van der Waals surface area contributed by atoms with Gasteiger partial charge in [0.15, 0.2) is 5.65 Å². The molecule has 1 fully saturated rings. The number of aromatic nitrogens is 6. The van der Waals surface area contributed by atoms with E-state index in [0.29, 0.717) is 22.4 Å². The van der Waals surface area contributed by atoms with Crippen molar-refractivity contribution in [2.75, 3.05) is 5.32 Å². The minimum absolute atomic E-state index is 0.122. The average Bonchev–Trinajstić information content (AvgIpc) is 3.42. The molecule has 32 heavy (non-hydrogen) atoms. The topological polar surface area (TPSA) is 136 Å². The number of hydrogen-bond donors (Lipinski definition) is 4. The van der Waals surface area contributed by atoms with E-state index in [0.717, 1.165) is 32.1 Å². The van der Waals surface area contributed by atoms with Crippen LogP contribution in [-0.4, -0.2) is 40.7 Å². The lowest BCUT2D eigenvalue weighted by molar-refractivity contribution is 0.454. The first-order chi connectivity index (χ1) is 15.6. The number of aryl methyl sites for hydroxylation is 1. The minimum atomic E-state index is -0.484. The number of rotatable bonds is 4. The van der Waals surface area contributed by atoms with Crippen LogP contribution in [0.15, 0.2) is 40.2 Å². The van der Waals surface area contributed by atoms with Crippen molar-refractivity contribution in [3.05, 3.63) is 68.6 Å². The summed E-state index contributed by atoms with van der Waals surface area (Å²) in [5.41, 5.74) is 3.45. The molecule has 10 nitrogen and oxygen atoms in total. The number of nitrogens with one attached hydrogen (secondary N) is 3. The fourth-order valence-electron chi connectivity index (χ4n) is 4.20. The van der Waals surface area contributed by atoms with Crippen LogP contribution >= 0.6 is 0 Å². The van der Waals surface area contributed by atoms with Gasteiger partial charge in [-0.1, -0.05) is 24.3 Å². The molecule has 3 aromatic heterocycles. The van der Waals surface area contributed by atoms with E-state index in [2.05, 4.69) is 49.6 Å². The van der Waals surface area contributed by atoms with Gasteiger partial charge in [0, 0.05) is 5.22 Å². The summed E-state index contributed by atoms with van der Waals surface area (Å²) in [6, 6.07) is 8.85. The van der Waals surface area contributed by atoms with Crippen LogP contribution in [0.5, 0.6) is 5.88 Å². The lowest BCUT2D eigenvalue weighted by Gasteiger charge is -2.26. The first-order valence-electron chi connectivity index (χ1n) is 10.8. The summed E-state index contributed by atoms with van der Waals surface area (Å²) in [4.78, 5) is 30.5. The predicted octanol–water partition coefficient (Wildman–Crippen LogP) is 0.947. The van der Waals surface area contributed by atoms with Crippen LogP contribution in [0, 0.1) is 0 Å². The maximum atomic E-state index is 11.5. The number of fused-ring (bicyclic) bond motifs is 2. The van der Waals surface area contributed by atoms with Gasteiger partial charge in [-0.25, -0.2) is 9.79 Å². The van der Waals surface area contributed by atoms with Gasteiger partial charge in [-0.3, -0.25) is 4.98 Å². The Bertz CT molecular complexity index is 1490. The molecule has 2 aliphatic carbocycles. The van der Waals surface area contributed by atoms with Crippen LogP contribution in [0.1, 0.15) is 48.5 Å². The molecule has 1 aromatic carbocycles. The molecule has 10 heteroatoms. The summed E-state index contributed by atoms with van der Waals surface area (Å²) in [7, 11) is 0. The third kappa shape index (κ3) is 3.43. The van der Waals surface area contributed by atoms with Crippen molar-refractivity contribution in [1.82, 2.24) is 29.5 Å². The highest BCUT2D eigenvalue weighted by molar-refractivity contribution is 5.57. The summed E-state index contributed by atoms with van der Waals surface area (Å²) in [6.45, 7) is 0. The number of imidazole rings is 1. The van der Waals surface area contributed by atoms with Gasteiger partial charge in [-0.05, 0) is 49.3 Å². The monoisotopic (exact) mass is 430 g/mol. The van der Waals surface area contributed by atoms with E-state index < -0.39 is 5.69 Å². The van der Waals surface area contributed by atoms with Crippen LogP contribution in [0.3, 0.4) is 0 Å². The second-order valence-corrected chi connectivity index (χ2v) is 8.32. The minimum Gasteiger partial charge on any atom is -0.493 e. The summed E-state index contributed by atoms with van der Waals surface area (Å²) >= 11 is 0. The van der Waals surface area contributed by atoms with Gasteiger partial charge in [-0.15, -0.1) is 0 Å². The number of H-pyrrole nitrogens is 2. The van der Waals surface area contributed by atoms with E-state index in [1.54, 1.807) is 16.8 Å². The lowest BCUT2D eigenvalue weighted by Crippen LogP contribution is -2.26. The number of anilines is 1. The van der Waals surface area contributed by atoms with Crippen molar-refractivity contribution in [1.29, 1.82) is 0 Å². The van der Waals surface area contributed by atoms with Crippen LogP contribution in [-0.2, 0) is 6.42 Å². The van der Waals surface area contributed by atoms with Crippen LogP contribution < -0.4 is 21.8 Å². The van der Waals surface area contributed by atoms with Gasteiger partial charge < -0.3 is 15.4 Å². The Morgan fingerprint density at radius 1 is 1.19 bits per heavy atom. The zero-order valence-electron chi connectivity index (χ0n) is 17.2. The summed E-state index contributed by atoms with van der Waals surface area (Å²) in [5.74, 6) is 0.254. The maximum absolute atomic E-state index is 11.5. The maximum Gasteiger partial charge on any atom is 0.326 e. The molecule has 162 valence electrons. The molecule has 4 N–H and O–H groups in total. The third-order valence-electron chi connectivity index (χ3n) is 5.93. The molecule has 0 radical (unpaired) electrons. The van der Waals surface area contributed by atoms with Gasteiger partial charge in [0.05, 0.1) is 18.3 Å². The van der Waals surface area contributed by atoms with Crippen LogP contribution in [0.2, 0.25) is 0 Å². The smallest absolute Gasteiger partial charge is 0.326 e. The summed E-state index contributed by atoms with van der Waals surface area (Å²) in [6.07, 6.45) is 8.52. The lowest BCUT2D eigenvalue weighted by atomic mass is 9.88. The molecule has 0 bridgehead atoms. The SMILES string of the molecule is O=c1[nH]c(O)c(/C=c2\cnn3c(=NC4CC4)nc(N[C@@H]4CCCc5ccccc54)nc23)[nH]1. The Labute approximate surface area is 181 Å². The highest BCUT2D eigenvalue weighted by Crippen LogP contribution is 2.31. The molecule has 0 spiro atoms. The van der Waals surface area contributed by atoms with E-state index in [-0.39, 0.29) is 23.7 Å². The fraction of sp³-hybridized carbons (Fsp3) is 0.318. The van der Waals surface area contributed by atoms with Gasteiger partial charge in [-0.2, -0.15) is 19.6 Å². The molecular weight excluding hydrogens is 408 g/mol. The molecule has 1 atom stereocenters. The van der Waals surface area contributed by atoms with Crippen molar-refractivity contribution >= 4 is 17.7 Å². The van der Waals surface area contributed by atoms with E-state index >= 15 is 0 Å². The van der Waals surface area contributed by atoms with Gasteiger partial charge in [0.2, 0.25) is 11.8 Å². The normalized spacial score (nSPS) is 19.4. The largest absolute Gasteiger partial charge is 0.493 e. The van der Waals surface area contributed by atoms with Gasteiger partial charge in [0.25, 0.3) is 5.62 Å². The number of hydrogen-bond acceptors (Lipinski definition) is 7. The van der Waals surface area contributed by atoms with Gasteiger partial charge >= 0.3 is 5.69 Å². The Morgan fingerprint density at radius 2 is 2.06 bits per heavy atom. The Morgan fingerprint density at radius 3 is 2.88 bits per heavy atom. The molecule has 1 saturated carbocycles. The molecule has 2 aliphatic rings. The predicted molar refractivity (Wildman–Crippen MR) is 117 cm³/mol. The number of aromatic amines is 2. The highest BCUT2D eigenvalue weighted by Gasteiger charge is 2.23. The van der Waals surface area contributed by atoms with E-state index in [1.807, 2.05) is 0 Å². The first-order valence-corrected chi connectivity index (χ1v) is 10.8. The fourth-order valence-corrected chi connectivity index (χ4v) is 4.20. The average molecular weight is 430 g/mol.